The van der Waals surface area contributed by atoms with E-state index >= 15 is 0 Å². The Balaban J connectivity index is 0.000000230. The van der Waals surface area contributed by atoms with E-state index in [0.717, 1.165) is 107 Å². The standard InChI is InChI=1S/C22H21F2NO3.C20H19F2NO2.C4H6O3/c1-13(12-28-14(2)26)17-6-3-5-15-11-16(9-10-18(15)17)25-22(27)21-19(23)7-4-8-20(21)24;1-12(11-24)15-5-2-4-13-10-14(8-9-16(13)15)23-20(25)19-17(21)6-3-7-18(19)22;1-3(5)7-4(2)6/h4,7-11H,3,5-6,12H2,1-2H3,(H,25,27);3,6-10,24H,2,4-5,11H2,1H3,(H,23,25);1-2H3/b17-13+;15-12+;. The zero-order chi connectivity index (χ0) is 44.1. The third kappa shape index (κ3) is 12.5. The summed E-state index contributed by atoms with van der Waals surface area (Å²) in [5.41, 5.74) is 8.17. The Kier molecular flexibility index (Phi) is 16.6. The van der Waals surface area contributed by atoms with Crippen molar-refractivity contribution in [2.45, 2.75) is 73.1 Å². The number of hydrogen-bond acceptors (Lipinski definition) is 8. The number of carbonyl (C=O) groups is 5. The number of fused-ring (bicyclic) bond motifs is 2. The molecule has 0 heterocycles. The van der Waals surface area contributed by atoms with Crippen LogP contribution in [0.5, 0.6) is 0 Å². The fourth-order valence-corrected chi connectivity index (χ4v) is 6.82. The van der Waals surface area contributed by atoms with E-state index in [9.17, 15) is 46.6 Å². The van der Waals surface area contributed by atoms with Crippen LogP contribution in [0.1, 0.15) is 103 Å². The van der Waals surface area contributed by atoms with Gasteiger partial charge in [-0.05, 0) is 145 Å². The average molecular weight is 831 g/mol. The van der Waals surface area contributed by atoms with E-state index in [2.05, 4.69) is 15.4 Å². The van der Waals surface area contributed by atoms with Crippen LogP contribution < -0.4 is 10.6 Å². The zero-order valence-electron chi connectivity index (χ0n) is 33.9. The van der Waals surface area contributed by atoms with E-state index in [4.69, 9.17) is 4.74 Å². The largest absolute Gasteiger partial charge is 0.461 e. The maximum Gasteiger partial charge on any atom is 0.310 e. The highest BCUT2D eigenvalue weighted by molar-refractivity contribution is 6.05. The average Bonchev–Trinajstić information content (AvgIpc) is 3.18. The van der Waals surface area contributed by atoms with Crippen LogP contribution >= 0.6 is 0 Å². The molecule has 0 saturated carbocycles. The molecule has 0 aliphatic heterocycles. The molecule has 0 spiro atoms. The molecule has 0 atom stereocenters. The smallest absolute Gasteiger partial charge is 0.310 e. The van der Waals surface area contributed by atoms with Crippen LogP contribution in [0.25, 0.3) is 11.1 Å². The number of allylic oxidation sites excluding steroid dienone is 2. The number of anilines is 2. The van der Waals surface area contributed by atoms with Crippen molar-refractivity contribution in [3.05, 3.63) is 141 Å². The molecular formula is C46H46F4N2O8. The van der Waals surface area contributed by atoms with Gasteiger partial charge in [-0.25, -0.2) is 17.6 Å². The number of rotatable bonds is 7. The van der Waals surface area contributed by atoms with Crippen molar-refractivity contribution < 1.29 is 56.1 Å². The fraction of sp³-hybridized carbons (Fsp3) is 0.283. The molecule has 4 aromatic carbocycles. The number of amides is 2. The molecular weight excluding hydrogens is 785 g/mol. The molecule has 2 aliphatic carbocycles. The first kappa shape index (κ1) is 46.3. The van der Waals surface area contributed by atoms with Gasteiger partial charge in [-0.15, -0.1) is 0 Å². The number of nitrogens with one attached hydrogen (secondary N) is 2. The molecule has 2 aliphatic rings. The first-order valence-electron chi connectivity index (χ1n) is 19.1. The van der Waals surface area contributed by atoms with E-state index in [1.165, 1.54) is 32.9 Å². The highest BCUT2D eigenvalue weighted by atomic mass is 19.1. The molecule has 6 rings (SSSR count). The van der Waals surface area contributed by atoms with Gasteiger partial charge < -0.3 is 25.2 Å². The van der Waals surface area contributed by atoms with Gasteiger partial charge in [0.2, 0.25) is 0 Å². The summed E-state index contributed by atoms with van der Waals surface area (Å²) in [5.74, 6) is -6.67. The number of halogens is 4. The van der Waals surface area contributed by atoms with Crippen LogP contribution in [0, 0.1) is 23.3 Å². The zero-order valence-corrected chi connectivity index (χ0v) is 33.9. The highest BCUT2D eigenvalue weighted by Crippen LogP contribution is 2.36. The van der Waals surface area contributed by atoms with Gasteiger partial charge in [0.1, 0.15) is 41.0 Å². The van der Waals surface area contributed by atoms with Crippen LogP contribution in [0.4, 0.5) is 28.9 Å². The monoisotopic (exact) mass is 830 g/mol. The van der Waals surface area contributed by atoms with Crippen molar-refractivity contribution in [3.63, 3.8) is 0 Å². The van der Waals surface area contributed by atoms with Gasteiger partial charge in [0.05, 0.1) is 6.61 Å². The normalized spacial score (nSPS) is 14.3. The van der Waals surface area contributed by atoms with E-state index in [1.807, 2.05) is 38.1 Å². The number of esters is 3. The Morgan fingerprint density at radius 3 is 1.32 bits per heavy atom. The van der Waals surface area contributed by atoms with E-state index in [0.29, 0.717) is 11.4 Å². The summed E-state index contributed by atoms with van der Waals surface area (Å²) in [6, 6.07) is 17.5. The predicted molar refractivity (Wildman–Crippen MR) is 219 cm³/mol. The molecule has 316 valence electrons. The Bertz CT molecular complexity index is 2300. The summed E-state index contributed by atoms with van der Waals surface area (Å²) in [6.07, 6.45) is 5.36. The first-order chi connectivity index (χ1) is 28.5. The minimum atomic E-state index is -0.901. The molecule has 0 bridgehead atoms. The summed E-state index contributed by atoms with van der Waals surface area (Å²) in [4.78, 5) is 55.2. The van der Waals surface area contributed by atoms with Crippen molar-refractivity contribution in [2.75, 3.05) is 23.8 Å². The molecule has 14 heteroatoms. The first-order valence-corrected chi connectivity index (χ1v) is 19.1. The van der Waals surface area contributed by atoms with Gasteiger partial charge in [0.25, 0.3) is 11.8 Å². The second-order valence-corrected chi connectivity index (χ2v) is 14.1. The van der Waals surface area contributed by atoms with E-state index < -0.39 is 58.1 Å². The third-order valence-electron chi connectivity index (χ3n) is 9.55. The lowest BCUT2D eigenvalue weighted by Crippen LogP contribution is -2.16. The van der Waals surface area contributed by atoms with E-state index in [-0.39, 0.29) is 19.2 Å². The van der Waals surface area contributed by atoms with Gasteiger partial charge in [0, 0.05) is 32.1 Å². The predicted octanol–water partition coefficient (Wildman–Crippen LogP) is 9.31. The van der Waals surface area contributed by atoms with Gasteiger partial charge >= 0.3 is 17.9 Å². The van der Waals surface area contributed by atoms with E-state index in [1.54, 1.807) is 12.1 Å². The number of hydrogen-bond donors (Lipinski definition) is 3. The Labute approximate surface area is 345 Å². The SMILES string of the molecule is C/C(CO)=C1/CCCc2cc(NC(=O)c3c(F)cccc3F)ccc21.CC(=O)OC(C)=O.CC(=O)OC/C(C)=C1\CCCc2cc(NC(=O)c3c(F)cccc3F)ccc21. The van der Waals surface area contributed by atoms with Crippen molar-refractivity contribution in [2.24, 2.45) is 0 Å². The quantitative estimate of drug-likeness (QED) is 0.0949. The highest BCUT2D eigenvalue weighted by Gasteiger charge is 2.22. The van der Waals surface area contributed by atoms with Crippen LogP contribution in [-0.4, -0.2) is 48.0 Å². The lowest BCUT2D eigenvalue weighted by atomic mass is 9.85. The number of benzene rings is 4. The summed E-state index contributed by atoms with van der Waals surface area (Å²) in [6.45, 7) is 7.84. The summed E-state index contributed by atoms with van der Waals surface area (Å²) >= 11 is 0. The molecule has 0 fully saturated rings. The van der Waals surface area contributed by atoms with Crippen molar-refractivity contribution in [3.8, 4) is 0 Å². The summed E-state index contributed by atoms with van der Waals surface area (Å²) in [7, 11) is 0. The fourth-order valence-electron chi connectivity index (χ4n) is 6.82. The van der Waals surface area contributed by atoms with Crippen LogP contribution in [0.3, 0.4) is 0 Å². The maximum absolute atomic E-state index is 13.8. The van der Waals surface area contributed by atoms with Crippen LogP contribution in [0.15, 0.2) is 83.9 Å². The topological polar surface area (TPSA) is 148 Å². The molecule has 10 nitrogen and oxygen atoms in total. The second kappa shape index (κ2) is 21.6. The lowest BCUT2D eigenvalue weighted by molar-refractivity contribution is -0.156. The Morgan fingerprint density at radius 2 is 0.967 bits per heavy atom. The minimum absolute atomic E-state index is 0.0137. The third-order valence-corrected chi connectivity index (χ3v) is 9.55. The van der Waals surface area contributed by atoms with Crippen LogP contribution in [-0.2, 0) is 36.7 Å². The molecule has 2 amide bonds. The van der Waals surface area contributed by atoms with Crippen LogP contribution in [0.2, 0.25) is 0 Å². The molecule has 3 N–H and O–H groups in total. The molecule has 4 aromatic rings. The maximum atomic E-state index is 13.8. The van der Waals surface area contributed by atoms with Gasteiger partial charge in [-0.3, -0.25) is 24.0 Å². The molecule has 60 heavy (non-hydrogen) atoms. The van der Waals surface area contributed by atoms with Crippen molar-refractivity contribution in [1.82, 2.24) is 0 Å². The molecule has 0 saturated heterocycles. The van der Waals surface area contributed by atoms with Crippen molar-refractivity contribution in [1.29, 1.82) is 0 Å². The number of carbonyl (C=O) groups excluding carboxylic acids is 5. The number of aliphatic hydroxyl groups is 1. The minimum Gasteiger partial charge on any atom is -0.461 e. The van der Waals surface area contributed by atoms with Crippen molar-refractivity contribution >= 4 is 52.2 Å². The lowest BCUT2D eigenvalue weighted by Gasteiger charge is -2.22. The number of aliphatic hydroxyl groups excluding tert-OH is 1. The Morgan fingerprint density at radius 1 is 0.567 bits per heavy atom. The van der Waals surface area contributed by atoms with Gasteiger partial charge in [0.15, 0.2) is 0 Å². The molecule has 0 aromatic heterocycles. The molecule has 0 radical (unpaired) electrons. The summed E-state index contributed by atoms with van der Waals surface area (Å²) < 4.78 is 64.1. The number of ether oxygens (including phenoxy) is 2. The molecule has 0 unspecified atom stereocenters. The second-order valence-electron chi connectivity index (χ2n) is 14.1. The van der Waals surface area contributed by atoms with Gasteiger partial charge in [-0.1, -0.05) is 24.3 Å². The number of aryl methyl sites for hydroxylation is 2. The Hall–Kier alpha value is -6.41. The van der Waals surface area contributed by atoms with Gasteiger partial charge in [-0.2, -0.15) is 0 Å². The summed E-state index contributed by atoms with van der Waals surface area (Å²) in [5, 5.41) is 14.5.